The van der Waals surface area contributed by atoms with Gasteiger partial charge in [0, 0.05) is 44.7 Å². The number of hydrogen-bond donors (Lipinski definition) is 2. The molecule has 0 spiro atoms. The highest BCUT2D eigenvalue weighted by molar-refractivity contribution is 5.83. The molecule has 2 aliphatic heterocycles. The van der Waals surface area contributed by atoms with E-state index in [2.05, 4.69) is 39.6 Å². The molecule has 2 aromatic rings. The van der Waals surface area contributed by atoms with E-state index in [-0.39, 0.29) is 29.9 Å². The van der Waals surface area contributed by atoms with Crippen molar-refractivity contribution >= 4 is 11.8 Å². The van der Waals surface area contributed by atoms with Gasteiger partial charge in [-0.1, -0.05) is 60.7 Å². The van der Waals surface area contributed by atoms with Crippen LogP contribution in [0.25, 0.3) is 0 Å². The van der Waals surface area contributed by atoms with Gasteiger partial charge in [-0.05, 0) is 31.0 Å². The van der Waals surface area contributed by atoms with Gasteiger partial charge >= 0.3 is 0 Å². The summed E-state index contributed by atoms with van der Waals surface area (Å²) in [5.41, 5.74) is 2.33. The lowest BCUT2D eigenvalue weighted by molar-refractivity contribution is -0.126. The average molecular weight is 421 g/mol. The number of likely N-dealkylation sites (tertiary alicyclic amines) is 1. The van der Waals surface area contributed by atoms with E-state index in [0.717, 1.165) is 31.5 Å². The van der Waals surface area contributed by atoms with E-state index in [4.69, 9.17) is 0 Å². The molecule has 4 rings (SSSR count). The number of carbonyl (C=O) groups excluding carboxylic acids is 2. The van der Waals surface area contributed by atoms with Gasteiger partial charge in [0.2, 0.25) is 11.8 Å². The van der Waals surface area contributed by atoms with Gasteiger partial charge < -0.3 is 10.6 Å². The van der Waals surface area contributed by atoms with Crippen LogP contribution in [0.5, 0.6) is 0 Å². The predicted molar refractivity (Wildman–Crippen MR) is 121 cm³/mol. The normalized spacial score (nSPS) is 24.3. The largest absolute Gasteiger partial charge is 0.353 e. The van der Waals surface area contributed by atoms with Crippen molar-refractivity contribution < 1.29 is 9.59 Å². The summed E-state index contributed by atoms with van der Waals surface area (Å²) < 4.78 is 0. The summed E-state index contributed by atoms with van der Waals surface area (Å²) >= 11 is 0. The maximum absolute atomic E-state index is 12.9. The SMILES string of the molecule is CN1[C@@H](CCC(=O)NCc2ccccc2)CNC(=O)[C@@H]2[C@@H]1CCN2Cc1ccccc1. The van der Waals surface area contributed by atoms with Crippen molar-refractivity contribution in [1.29, 1.82) is 0 Å². The molecular weight excluding hydrogens is 388 g/mol. The van der Waals surface area contributed by atoms with Crippen molar-refractivity contribution in [3.05, 3.63) is 71.8 Å². The molecule has 2 N–H and O–H groups in total. The molecule has 0 aliphatic carbocycles. The topological polar surface area (TPSA) is 64.7 Å². The first-order valence-corrected chi connectivity index (χ1v) is 11.2. The van der Waals surface area contributed by atoms with Crippen LogP contribution in [0.1, 0.15) is 30.4 Å². The summed E-state index contributed by atoms with van der Waals surface area (Å²) in [6.07, 6.45) is 2.17. The van der Waals surface area contributed by atoms with Crippen LogP contribution in [0.3, 0.4) is 0 Å². The summed E-state index contributed by atoms with van der Waals surface area (Å²) in [4.78, 5) is 29.9. The third-order valence-corrected chi connectivity index (χ3v) is 6.62. The van der Waals surface area contributed by atoms with Crippen LogP contribution in [0, 0.1) is 0 Å². The Morgan fingerprint density at radius 1 is 1.06 bits per heavy atom. The van der Waals surface area contributed by atoms with Crippen LogP contribution in [0.15, 0.2) is 60.7 Å². The quantitative estimate of drug-likeness (QED) is 0.721. The van der Waals surface area contributed by atoms with E-state index in [1.54, 1.807) is 0 Å². The molecule has 2 aromatic carbocycles. The monoisotopic (exact) mass is 420 g/mol. The lowest BCUT2D eigenvalue weighted by Gasteiger charge is -2.33. The van der Waals surface area contributed by atoms with Crippen molar-refractivity contribution in [2.75, 3.05) is 20.1 Å². The molecule has 3 atom stereocenters. The Balaban J connectivity index is 1.32. The fourth-order valence-corrected chi connectivity index (χ4v) is 4.83. The minimum Gasteiger partial charge on any atom is -0.353 e. The van der Waals surface area contributed by atoms with Gasteiger partial charge in [-0.15, -0.1) is 0 Å². The molecule has 2 amide bonds. The van der Waals surface area contributed by atoms with Crippen LogP contribution in [0.2, 0.25) is 0 Å². The second-order valence-electron chi connectivity index (χ2n) is 8.62. The fourth-order valence-electron chi connectivity index (χ4n) is 4.83. The zero-order chi connectivity index (χ0) is 21.6. The number of hydrogen-bond acceptors (Lipinski definition) is 4. The molecule has 6 heteroatoms. The van der Waals surface area contributed by atoms with Crippen molar-refractivity contribution in [3.63, 3.8) is 0 Å². The molecule has 164 valence electrons. The lowest BCUT2D eigenvalue weighted by Crippen LogP contribution is -2.49. The first-order valence-electron chi connectivity index (χ1n) is 11.2. The van der Waals surface area contributed by atoms with Gasteiger partial charge in [-0.3, -0.25) is 19.4 Å². The molecule has 0 bridgehead atoms. The number of rotatable bonds is 7. The molecule has 0 aromatic heterocycles. The Morgan fingerprint density at radius 3 is 2.45 bits per heavy atom. The molecule has 2 saturated heterocycles. The molecule has 0 radical (unpaired) electrons. The Hall–Kier alpha value is -2.70. The minimum absolute atomic E-state index is 0.0569. The van der Waals surface area contributed by atoms with Gasteiger partial charge in [-0.25, -0.2) is 0 Å². The lowest BCUT2D eigenvalue weighted by atomic mass is 10.0. The molecule has 2 heterocycles. The zero-order valence-electron chi connectivity index (χ0n) is 18.2. The van der Waals surface area contributed by atoms with E-state index in [0.29, 0.717) is 19.5 Å². The van der Waals surface area contributed by atoms with Crippen LogP contribution in [0.4, 0.5) is 0 Å². The highest BCUT2D eigenvalue weighted by Crippen LogP contribution is 2.28. The fraction of sp³-hybridized carbons (Fsp3) is 0.440. The Morgan fingerprint density at radius 2 is 1.74 bits per heavy atom. The third kappa shape index (κ3) is 5.32. The number of benzene rings is 2. The molecule has 0 saturated carbocycles. The van der Waals surface area contributed by atoms with Gasteiger partial charge in [0.05, 0.1) is 0 Å². The maximum Gasteiger partial charge on any atom is 0.239 e. The first-order chi connectivity index (χ1) is 15.1. The van der Waals surface area contributed by atoms with Gasteiger partial charge in [0.15, 0.2) is 0 Å². The second-order valence-corrected chi connectivity index (χ2v) is 8.62. The first kappa shape index (κ1) is 21.5. The Labute approximate surface area is 184 Å². The number of nitrogens with one attached hydrogen (secondary N) is 2. The molecule has 2 aliphatic rings. The van der Waals surface area contributed by atoms with E-state index < -0.39 is 0 Å². The molecule has 0 unspecified atom stereocenters. The van der Waals surface area contributed by atoms with Crippen molar-refractivity contribution in [3.8, 4) is 0 Å². The van der Waals surface area contributed by atoms with Crippen LogP contribution in [-0.4, -0.2) is 59.9 Å². The molecule has 31 heavy (non-hydrogen) atoms. The van der Waals surface area contributed by atoms with Crippen molar-refractivity contribution in [1.82, 2.24) is 20.4 Å². The summed E-state index contributed by atoms with van der Waals surface area (Å²) in [7, 11) is 2.11. The maximum atomic E-state index is 12.9. The highest BCUT2D eigenvalue weighted by Gasteiger charge is 2.44. The molecule has 2 fully saturated rings. The Bertz CT molecular complexity index is 874. The van der Waals surface area contributed by atoms with Crippen molar-refractivity contribution in [2.45, 2.75) is 50.5 Å². The van der Waals surface area contributed by atoms with E-state index in [1.807, 2.05) is 48.5 Å². The highest BCUT2D eigenvalue weighted by atomic mass is 16.2. The zero-order valence-corrected chi connectivity index (χ0v) is 18.2. The van der Waals surface area contributed by atoms with Crippen LogP contribution >= 0.6 is 0 Å². The van der Waals surface area contributed by atoms with E-state index >= 15 is 0 Å². The number of nitrogens with zero attached hydrogens (tertiary/aromatic N) is 2. The number of amides is 2. The van der Waals surface area contributed by atoms with Gasteiger partial charge in [-0.2, -0.15) is 0 Å². The summed E-state index contributed by atoms with van der Waals surface area (Å²) in [5, 5.41) is 6.15. The van der Waals surface area contributed by atoms with E-state index in [1.165, 1.54) is 5.56 Å². The number of carbonyl (C=O) groups is 2. The molecule has 6 nitrogen and oxygen atoms in total. The number of likely N-dealkylation sites (N-methyl/N-ethyl adjacent to an activating group) is 1. The third-order valence-electron chi connectivity index (χ3n) is 6.62. The smallest absolute Gasteiger partial charge is 0.239 e. The van der Waals surface area contributed by atoms with Crippen LogP contribution < -0.4 is 10.6 Å². The van der Waals surface area contributed by atoms with E-state index in [9.17, 15) is 9.59 Å². The van der Waals surface area contributed by atoms with Crippen LogP contribution in [-0.2, 0) is 22.7 Å². The standard InChI is InChI=1S/C25H32N4O2/c1-28-21(12-13-23(30)26-16-19-8-4-2-5-9-19)17-27-25(31)24-22(28)14-15-29(24)18-20-10-6-3-7-11-20/h2-11,21-22,24H,12-18H2,1H3,(H,26,30)(H,27,31)/t21-,22-,24-/m0/s1. The minimum atomic E-state index is -0.137. The van der Waals surface area contributed by atoms with Crippen molar-refractivity contribution in [2.24, 2.45) is 0 Å². The molecular formula is C25H32N4O2. The van der Waals surface area contributed by atoms with Gasteiger partial charge in [0.25, 0.3) is 0 Å². The predicted octanol–water partition coefficient (Wildman–Crippen LogP) is 2.16. The van der Waals surface area contributed by atoms with Gasteiger partial charge in [0.1, 0.15) is 6.04 Å². The summed E-state index contributed by atoms with van der Waals surface area (Å²) in [6.45, 7) is 2.84. The Kier molecular flexibility index (Phi) is 6.99. The summed E-state index contributed by atoms with van der Waals surface area (Å²) in [5.74, 6) is 0.169. The average Bonchev–Trinajstić information content (AvgIpc) is 3.17. The number of fused-ring (bicyclic) bond motifs is 1. The second kappa shape index (κ2) is 10.1. The summed E-state index contributed by atoms with van der Waals surface area (Å²) in [6, 6.07) is 20.5.